The van der Waals surface area contributed by atoms with Crippen LogP contribution in [0, 0.1) is 0 Å². The van der Waals surface area contributed by atoms with Crippen LogP contribution in [0.5, 0.6) is 0 Å². The third-order valence-corrected chi connectivity index (χ3v) is 14.7. The van der Waals surface area contributed by atoms with Crippen molar-refractivity contribution in [3.05, 3.63) is 158 Å². The summed E-state index contributed by atoms with van der Waals surface area (Å²) in [5, 5.41) is 13.9. The number of nitrogens with one attached hydrogen (secondary N) is 1. The monoisotopic (exact) mass is 1150 g/mol. The van der Waals surface area contributed by atoms with Gasteiger partial charge in [0.25, 0.3) is 7.82 Å². The molecule has 0 heterocycles. The lowest BCUT2D eigenvalue weighted by Gasteiger charge is -2.29. The van der Waals surface area contributed by atoms with E-state index in [9.17, 15) is 19.4 Å². The van der Waals surface area contributed by atoms with Crippen molar-refractivity contribution in [2.75, 3.05) is 40.9 Å². The van der Waals surface area contributed by atoms with Crippen molar-refractivity contribution in [3.8, 4) is 0 Å². The minimum Gasteiger partial charge on any atom is -0.756 e. The molecule has 0 bridgehead atoms. The highest BCUT2D eigenvalue weighted by atomic mass is 31.2. The van der Waals surface area contributed by atoms with Crippen molar-refractivity contribution in [1.82, 2.24) is 5.32 Å². The lowest BCUT2D eigenvalue weighted by molar-refractivity contribution is -0.870. The quantitative estimate of drug-likeness (QED) is 0.0272. The number of amides is 1. The zero-order valence-corrected chi connectivity index (χ0v) is 54.0. The van der Waals surface area contributed by atoms with Crippen LogP contribution in [0.4, 0.5) is 0 Å². The summed E-state index contributed by atoms with van der Waals surface area (Å²) >= 11 is 0. The lowest BCUT2D eigenvalue weighted by Crippen LogP contribution is -2.45. The number of likely N-dealkylation sites (N-methyl/N-ethyl adjacent to an activating group) is 1. The lowest BCUT2D eigenvalue weighted by atomic mass is 10.0. The molecular weight excluding hydrogens is 1030 g/mol. The Morgan fingerprint density at radius 1 is 0.439 bits per heavy atom. The largest absolute Gasteiger partial charge is 0.756 e. The van der Waals surface area contributed by atoms with Crippen molar-refractivity contribution in [2.24, 2.45) is 0 Å². The number of carbonyl (C=O) groups excluding carboxylic acids is 1. The topological polar surface area (TPSA) is 108 Å². The van der Waals surface area contributed by atoms with Gasteiger partial charge in [-0.2, -0.15) is 0 Å². The summed E-state index contributed by atoms with van der Waals surface area (Å²) < 4.78 is 23.4. The first-order valence-electron chi connectivity index (χ1n) is 32.8. The summed E-state index contributed by atoms with van der Waals surface area (Å²) in [7, 11) is 1.19. The van der Waals surface area contributed by atoms with Crippen molar-refractivity contribution >= 4 is 13.7 Å². The number of hydrogen-bond donors (Lipinski definition) is 2. The number of aliphatic hydroxyl groups is 1. The average Bonchev–Trinajstić information content (AvgIpc) is 3.45. The molecule has 0 aromatic heterocycles. The van der Waals surface area contributed by atoms with Crippen LogP contribution < -0.4 is 10.2 Å². The van der Waals surface area contributed by atoms with Gasteiger partial charge in [-0.05, 0) is 122 Å². The predicted molar refractivity (Wildman–Crippen MR) is 357 cm³/mol. The molecule has 0 aliphatic carbocycles. The fourth-order valence-electron chi connectivity index (χ4n) is 8.62. The number of allylic oxidation sites excluding steroid dienone is 25. The Labute approximate surface area is 505 Å². The Hall–Kier alpha value is -3.88. The summed E-state index contributed by atoms with van der Waals surface area (Å²) in [6.45, 7) is 4.48. The van der Waals surface area contributed by atoms with Gasteiger partial charge in [-0.25, -0.2) is 0 Å². The number of rotatable bonds is 58. The molecule has 0 radical (unpaired) electrons. The van der Waals surface area contributed by atoms with Gasteiger partial charge in [0.15, 0.2) is 0 Å². The SMILES string of the molecule is CC/C=C\C/C=C\C/C=C\C/C=C\C/C=C\C/C=C\C/C=C\C/C=C\C/C=C\C/C=C\CCCCCCC(=O)NC(COP(=O)([O-])OCC[N+](C)(C)C)C(O)/C=C/CC/C=C/CC/C=C/CCCCCCCCCCCCCCCCC. The first-order valence-corrected chi connectivity index (χ1v) is 34.3. The Morgan fingerprint density at radius 3 is 1.13 bits per heavy atom. The fourth-order valence-corrected chi connectivity index (χ4v) is 9.35. The Balaban J connectivity index is 4.32. The first-order chi connectivity index (χ1) is 40.0. The second-order valence-corrected chi connectivity index (χ2v) is 24.1. The first kappa shape index (κ1) is 78.1. The Bertz CT molecular complexity index is 1890. The molecule has 0 aromatic carbocycles. The van der Waals surface area contributed by atoms with E-state index in [2.05, 4.69) is 165 Å². The number of aliphatic hydroxyl groups excluding tert-OH is 1. The summed E-state index contributed by atoms with van der Waals surface area (Å²) in [6.07, 6.45) is 96.3. The fraction of sp³-hybridized carbons (Fsp3) is 0.630. The second-order valence-electron chi connectivity index (χ2n) is 22.7. The molecule has 466 valence electrons. The highest BCUT2D eigenvalue weighted by Crippen LogP contribution is 2.38. The van der Waals surface area contributed by atoms with E-state index in [4.69, 9.17) is 9.05 Å². The van der Waals surface area contributed by atoms with Crippen LogP contribution in [0.15, 0.2) is 158 Å². The zero-order chi connectivity index (χ0) is 59.8. The smallest absolute Gasteiger partial charge is 0.268 e. The van der Waals surface area contributed by atoms with Crippen LogP contribution >= 0.6 is 7.82 Å². The van der Waals surface area contributed by atoms with Gasteiger partial charge in [-0.1, -0.05) is 275 Å². The molecule has 0 aromatic rings. The number of quaternary nitrogens is 1. The van der Waals surface area contributed by atoms with Gasteiger partial charge in [-0.15, -0.1) is 0 Å². The molecule has 0 aliphatic heterocycles. The molecule has 3 atom stereocenters. The van der Waals surface area contributed by atoms with E-state index in [0.717, 1.165) is 109 Å². The number of carbonyl (C=O) groups is 1. The second kappa shape index (κ2) is 61.7. The van der Waals surface area contributed by atoms with E-state index in [-0.39, 0.29) is 18.9 Å². The van der Waals surface area contributed by atoms with Gasteiger partial charge in [0, 0.05) is 6.42 Å². The molecule has 0 spiro atoms. The normalized spacial score (nSPS) is 14.8. The predicted octanol–water partition coefficient (Wildman–Crippen LogP) is 20.4. The van der Waals surface area contributed by atoms with E-state index < -0.39 is 26.6 Å². The average molecular weight is 1160 g/mol. The van der Waals surface area contributed by atoms with Crippen LogP contribution in [-0.2, 0) is 18.4 Å². The maximum Gasteiger partial charge on any atom is 0.268 e. The molecule has 3 unspecified atom stereocenters. The molecule has 8 nitrogen and oxygen atoms in total. The molecule has 1 amide bonds. The summed E-state index contributed by atoms with van der Waals surface area (Å²) in [5.74, 6) is -0.241. The third kappa shape index (κ3) is 63.7. The van der Waals surface area contributed by atoms with E-state index in [1.807, 2.05) is 27.2 Å². The Morgan fingerprint density at radius 2 is 0.756 bits per heavy atom. The molecule has 9 heteroatoms. The van der Waals surface area contributed by atoms with Crippen LogP contribution in [0.3, 0.4) is 0 Å². The van der Waals surface area contributed by atoms with E-state index in [1.54, 1.807) is 6.08 Å². The number of phosphoric ester groups is 1. The zero-order valence-electron chi connectivity index (χ0n) is 53.1. The van der Waals surface area contributed by atoms with Gasteiger partial charge in [-0.3, -0.25) is 9.36 Å². The van der Waals surface area contributed by atoms with Crippen molar-refractivity contribution < 1.29 is 32.9 Å². The van der Waals surface area contributed by atoms with Crippen molar-refractivity contribution in [3.63, 3.8) is 0 Å². The number of hydrogen-bond acceptors (Lipinski definition) is 6. The molecular formula is C73H123N2O6P. The van der Waals surface area contributed by atoms with Gasteiger partial charge in [0.2, 0.25) is 5.91 Å². The number of phosphoric acid groups is 1. The maximum atomic E-state index is 13.0. The maximum absolute atomic E-state index is 13.0. The Kier molecular flexibility index (Phi) is 58.8. The highest BCUT2D eigenvalue weighted by molar-refractivity contribution is 7.45. The minimum atomic E-state index is -4.63. The van der Waals surface area contributed by atoms with Crippen LogP contribution in [0.2, 0.25) is 0 Å². The van der Waals surface area contributed by atoms with Crippen molar-refractivity contribution in [1.29, 1.82) is 0 Å². The highest BCUT2D eigenvalue weighted by Gasteiger charge is 2.23. The molecule has 2 N–H and O–H groups in total. The van der Waals surface area contributed by atoms with Crippen LogP contribution in [0.1, 0.15) is 245 Å². The molecule has 0 aliphatic rings. The van der Waals surface area contributed by atoms with Gasteiger partial charge in [0.1, 0.15) is 13.2 Å². The summed E-state index contributed by atoms with van der Waals surface area (Å²) in [6, 6.07) is -0.938. The van der Waals surface area contributed by atoms with E-state index in [1.165, 1.54) is 103 Å². The van der Waals surface area contributed by atoms with Gasteiger partial charge in [0.05, 0.1) is 39.9 Å². The summed E-state index contributed by atoms with van der Waals surface area (Å²) in [4.78, 5) is 25.6. The minimum absolute atomic E-state index is 0.0232. The molecule has 0 saturated heterocycles. The molecule has 82 heavy (non-hydrogen) atoms. The van der Waals surface area contributed by atoms with Gasteiger partial charge >= 0.3 is 0 Å². The molecule has 0 saturated carbocycles. The van der Waals surface area contributed by atoms with E-state index >= 15 is 0 Å². The number of nitrogens with zero attached hydrogens (tertiary/aromatic N) is 1. The molecule has 0 rings (SSSR count). The standard InChI is InChI=1S/C73H123N2O6P/c1-6-8-10-12-14-16-18-20-22-24-26-28-30-32-33-34-35-36-37-38-39-40-41-43-45-47-49-51-53-55-57-59-61-63-65-67-73(77)74-71(70-81-82(78,79)80-69-68-75(3,4)5)72(76)66-64-62-60-58-56-54-52-50-48-46-44-42-31-29-27-25-23-21-19-17-15-13-11-9-7-2/h8,10,14,16,20,22,26,28,32-33,35-36,38-39,41,43,47-50,53,55-56,58,64,66,71-72,76H,6-7,9,11-13,15,17-19,21,23-25,27,29-31,34,37,40,42,44-46,51-52,54,57,59-63,65,67-70H2,1-5H3,(H-,74,77,78,79)/b10-8-,16-14-,22-20-,28-26-,33-32-,36-35-,39-38-,43-41-,49-47-,50-48+,55-53-,58-56+,66-64+. The summed E-state index contributed by atoms with van der Waals surface area (Å²) in [5.41, 5.74) is 0. The number of unbranched alkanes of at least 4 members (excludes halogenated alkanes) is 21. The van der Waals surface area contributed by atoms with Crippen LogP contribution in [-0.4, -0.2) is 68.5 Å². The van der Waals surface area contributed by atoms with Crippen molar-refractivity contribution in [2.45, 2.75) is 257 Å². The van der Waals surface area contributed by atoms with Gasteiger partial charge < -0.3 is 28.8 Å². The van der Waals surface area contributed by atoms with Crippen LogP contribution in [0.25, 0.3) is 0 Å². The van der Waals surface area contributed by atoms with E-state index in [0.29, 0.717) is 23.9 Å². The molecule has 0 fully saturated rings. The third-order valence-electron chi connectivity index (χ3n) is 13.7.